The zero-order valence-corrected chi connectivity index (χ0v) is 12.5. The molecular weight excluding hydrogens is 252 g/mol. The number of likely N-dealkylation sites (N-methyl/N-ethyl adjacent to an activating group) is 2. The van der Waals surface area contributed by atoms with Crippen LogP contribution in [0.25, 0.3) is 0 Å². The Morgan fingerprint density at radius 3 is 2.17 bits per heavy atom. The van der Waals surface area contributed by atoms with E-state index in [2.05, 4.69) is 4.90 Å². The number of unbranched alkanes of at least 4 members (excludes halogenated alkanes) is 1. The highest BCUT2D eigenvalue weighted by atomic mass is 32.2. The standard InChI is InChI=1S/C12H26N2O3S/c1-13(2)12(7-6-8-12)11-14(3)18(16,17)10-5-4-9-15/h15H,4-11H2,1-3H3. The van der Waals surface area contributed by atoms with Crippen LogP contribution in [0.2, 0.25) is 0 Å². The van der Waals surface area contributed by atoms with Crippen molar-refractivity contribution in [1.82, 2.24) is 9.21 Å². The molecule has 0 atom stereocenters. The van der Waals surface area contributed by atoms with Crippen molar-refractivity contribution >= 4 is 10.0 Å². The molecule has 0 bridgehead atoms. The average Bonchev–Trinajstić information content (AvgIpc) is 2.22. The molecule has 0 amide bonds. The highest BCUT2D eigenvalue weighted by molar-refractivity contribution is 7.89. The topological polar surface area (TPSA) is 60.9 Å². The summed E-state index contributed by atoms with van der Waals surface area (Å²) in [6, 6.07) is 0. The lowest BCUT2D eigenvalue weighted by Gasteiger charge is -2.49. The molecule has 0 unspecified atom stereocenters. The van der Waals surface area contributed by atoms with E-state index >= 15 is 0 Å². The number of aliphatic hydroxyl groups is 1. The summed E-state index contributed by atoms with van der Waals surface area (Å²) in [6.45, 7) is 0.627. The number of rotatable bonds is 8. The summed E-state index contributed by atoms with van der Waals surface area (Å²) in [4.78, 5) is 2.15. The van der Waals surface area contributed by atoms with E-state index in [9.17, 15) is 8.42 Å². The molecule has 0 aromatic carbocycles. The van der Waals surface area contributed by atoms with Gasteiger partial charge in [0.15, 0.2) is 0 Å². The fourth-order valence-electron chi connectivity index (χ4n) is 2.40. The van der Waals surface area contributed by atoms with Gasteiger partial charge in [-0.2, -0.15) is 0 Å². The molecule has 1 fully saturated rings. The van der Waals surface area contributed by atoms with E-state index in [1.165, 1.54) is 10.7 Å². The molecule has 1 N–H and O–H groups in total. The van der Waals surface area contributed by atoms with Gasteiger partial charge in [0, 0.05) is 25.7 Å². The number of nitrogens with zero attached hydrogens (tertiary/aromatic N) is 2. The van der Waals surface area contributed by atoms with Crippen LogP contribution >= 0.6 is 0 Å². The fourth-order valence-corrected chi connectivity index (χ4v) is 3.71. The lowest BCUT2D eigenvalue weighted by Crippen LogP contribution is -2.57. The van der Waals surface area contributed by atoms with Crippen molar-refractivity contribution in [3.05, 3.63) is 0 Å². The minimum Gasteiger partial charge on any atom is -0.396 e. The molecule has 0 aromatic heterocycles. The van der Waals surface area contributed by atoms with Crippen LogP contribution in [0.15, 0.2) is 0 Å². The van der Waals surface area contributed by atoms with Gasteiger partial charge in [0.2, 0.25) is 10.0 Å². The van der Waals surface area contributed by atoms with Gasteiger partial charge in [-0.15, -0.1) is 0 Å². The first-order chi connectivity index (χ1) is 8.34. The molecule has 1 saturated carbocycles. The Labute approximate surface area is 111 Å². The van der Waals surface area contributed by atoms with Crippen LogP contribution in [0.1, 0.15) is 32.1 Å². The Morgan fingerprint density at radius 2 is 1.78 bits per heavy atom. The summed E-state index contributed by atoms with van der Waals surface area (Å²) in [5, 5.41) is 8.69. The summed E-state index contributed by atoms with van der Waals surface area (Å²) in [5.74, 6) is 0.133. The van der Waals surface area contributed by atoms with E-state index in [0.717, 1.165) is 12.8 Å². The van der Waals surface area contributed by atoms with Crippen molar-refractivity contribution in [3.8, 4) is 0 Å². The quantitative estimate of drug-likeness (QED) is 0.657. The highest BCUT2D eigenvalue weighted by Gasteiger charge is 2.41. The maximum Gasteiger partial charge on any atom is 0.213 e. The highest BCUT2D eigenvalue weighted by Crippen LogP contribution is 2.37. The second-order valence-corrected chi connectivity index (χ2v) is 7.67. The Hall–Kier alpha value is -0.170. The van der Waals surface area contributed by atoms with Gasteiger partial charge in [-0.1, -0.05) is 0 Å². The van der Waals surface area contributed by atoms with Gasteiger partial charge in [-0.05, 0) is 46.2 Å². The normalized spacial score (nSPS) is 19.2. The summed E-state index contributed by atoms with van der Waals surface area (Å²) in [5.41, 5.74) is 0.0266. The first-order valence-corrected chi connectivity index (χ1v) is 8.17. The zero-order chi connectivity index (χ0) is 13.8. The SMILES string of the molecule is CN(C)C1(CN(C)S(=O)(=O)CCCCO)CCC1. The maximum atomic E-state index is 12.1. The van der Waals surface area contributed by atoms with Crippen LogP contribution in [-0.2, 0) is 10.0 Å². The van der Waals surface area contributed by atoms with E-state index < -0.39 is 10.0 Å². The number of hydrogen-bond donors (Lipinski definition) is 1. The van der Waals surface area contributed by atoms with E-state index in [1.54, 1.807) is 7.05 Å². The molecule has 1 rings (SSSR count). The van der Waals surface area contributed by atoms with E-state index in [0.29, 0.717) is 19.4 Å². The van der Waals surface area contributed by atoms with Gasteiger partial charge >= 0.3 is 0 Å². The van der Waals surface area contributed by atoms with Gasteiger partial charge in [-0.25, -0.2) is 12.7 Å². The van der Waals surface area contributed by atoms with E-state index in [-0.39, 0.29) is 17.9 Å². The predicted octanol–water partition coefficient (Wildman–Crippen LogP) is 0.505. The van der Waals surface area contributed by atoms with Crippen molar-refractivity contribution in [1.29, 1.82) is 0 Å². The first kappa shape index (κ1) is 15.9. The molecule has 6 heteroatoms. The summed E-state index contributed by atoms with van der Waals surface area (Å²) in [6.07, 6.45) is 4.38. The van der Waals surface area contributed by atoms with Crippen LogP contribution in [0.4, 0.5) is 0 Å². The van der Waals surface area contributed by atoms with Crippen molar-refractivity contribution in [2.24, 2.45) is 0 Å². The molecule has 5 nitrogen and oxygen atoms in total. The van der Waals surface area contributed by atoms with Crippen molar-refractivity contribution in [3.63, 3.8) is 0 Å². The summed E-state index contributed by atoms with van der Waals surface area (Å²) >= 11 is 0. The monoisotopic (exact) mass is 278 g/mol. The maximum absolute atomic E-state index is 12.1. The lowest BCUT2D eigenvalue weighted by atomic mass is 9.75. The lowest BCUT2D eigenvalue weighted by molar-refractivity contribution is 0.0455. The van der Waals surface area contributed by atoms with Crippen molar-refractivity contribution in [2.75, 3.05) is 40.0 Å². The zero-order valence-electron chi connectivity index (χ0n) is 11.7. The largest absolute Gasteiger partial charge is 0.396 e. The van der Waals surface area contributed by atoms with Crippen LogP contribution < -0.4 is 0 Å². The molecule has 108 valence electrons. The minimum absolute atomic E-state index is 0.0266. The number of aliphatic hydroxyl groups excluding tert-OH is 1. The Bertz CT molecular complexity index is 350. The van der Waals surface area contributed by atoms with Gasteiger partial charge in [-0.3, -0.25) is 0 Å². The van der Waals surface area contributed by atoms with Crippen LogP contribution in [-0.4, -0.2) is 68.3 Å². The van der Waals surface area contributed by atoms with Crippen LogP contribution in [0.3, 0.4) is 0 Å². The molecule has 0 aromatic rings. The summed E-state index contributed by atoms with van der Waals surface area (Å²) < 4.78 is 25.6. The molecule has 0 radical (unpaired) electrons. The van der Waals surface area contributed by atoms with Crippen molar-refractivity contribution < 1.29 is 13.5 Å². The second-order valence-electron chi connectivity index (χ2n) is 5.48. The first-order valence-electron chi connectivity index (χ1n) is 6.56. The number of sulfonamides is 1. The Kier molecular flexibility index (Phi) is 5.58. The second kappa shape index (κ2) is 6.32. The molecule has 18 heavy (non-hydrogen) atoms. The van der Waals surface area contributed by atoms with Crippen LogP contribution in [0, 0.1) is 0 Å². The molecular formula is C12H26N2O3S. The van der Waals surface area contributed by atoms with Gasteiger partial charge < -0.3 is 10.0 Å². The molecule has 0 spiro atoms. The smallest absolute Gasteiger partial charge is 0.213 e. The third kappa shape index (κ3) is 3.66. The molecule has 0 saturated heterocycles. The van der Waals surface area contributed by atoms with E-state index in [4.69, 9.17) is 5.11 Å². The fraction of sp³-hybridized carbons (Fsp3) is 1.00. The molecule has 1 aliphatic rings. The van der Waals surface area contributed by atoms with Gasteiger partial charge in [0.25, 0.3) is 0 Å². The number of hydrogen-bond acceptors (Lipinski definition) is 4. The third-order valence-corrected chi connectivity index (χ3v) is 5.92. The minimum atomic E-state index is -3.18. The van der Waals surface area contributed by atoms with Gasteiger partial charge in [0.05, 0.1) is 5.75 Å². The molecule has 1 aliphatic carbocycles. The molecule has 0 aliphatic heterocycles. The Morgan fingerprint density at radius 1 is 1.17 bits per heavy atom. The predicted molar refractivity (Wildman–Crippen MR) is 73.0 cm³/mol. The Balaban J connectivity index is 2.55. The van der Waals surface area contributed by atoms with Crippen LogP contribution in [0.5, 0.6) is 0 Å². The molecule has 0 heterocycles. The average molecular weight is 278 g/mol. The summed E-state index contributed by atoms with van der Waals surface area (Å²) in [7, 11) is 2.52. The van der Waals surface area contributed by atoms with Gasteiger partial charge in [0.1, 0.15) is 0 Å². The van der Waals surface area contributed by atoms with E-state index in [1.807, 2.05) is 14.1 Å². The van der Waals surface area contributed by atoms with Crippen molar-refractivity contribution in [2.45, 2.75) is 37.6 Å². The third-order valence-electron chi connectivity index (χ3n) is 4.04.